The second-order valence-corrected chi connectivity index (χ2v) is 6.47. The first-order valence-electron chi connectivity index (χ1n) is 5.72. The van der Waals surface area contributed by atoms with Gasteiger partial charge in [-0.2, -0.15) is 0 Å². The fourth-order valence-corrected chi connectivity index (χ4v) is 3.33. The van der Waals surface area contributed by atoms with E-state index in [0.717, 1.165) is 17.9 Å². The van der Waals surface area contributed by atoms with E-state index >= 15 is 0 Å². The predicted molar refractivity (Wildman–Crippen MR) is 67.6 cm³/mol. The van der Waals surface area contributed by atoms with Crippen LogP contribution in [-0.2, 0) is 16.4 Å². The summed E-state index contributed by atoms with van der Waals surface area (Å²) < 4.78 is 23.1. The molecule has 0 aliphatic carbocycles. The van der Waals surface area contributed by atoms with Gasteiger partial charge < -0.3 is 10.6 Å². The Morgan fingerprint density at radius 1 is 1.35 bits per heavy atom. The first-order valence-corrected chi connectivity index (χ1v) is 7.54. The van der Waals surface area contributed by atoms with Crippen molar-refractivity contribution in [3.8, 4) is 0 Å². The lowest BCUT2D eigenvalue weighted by atomic mass is 10.2. The summed E-state index contributed by atoms with van der Waals surface area (Å²) in [7, 11) is -2.87. The molecule has 0 amide bonds. The molecule has 0 radical (unpaired) electrons. The van der Waals surface area contributed by atoms with Gasteiger partial charge in [-0.15, -0.1) is 0 Å². The number of sulfone groups is 1. The molecule has 1 aromatic rings. The van der Waals surface area contributed by atoms with E-state index in [9.17, 15) is 8.42 Å². The van der Waals surface area contributed by atoms with E-state index in [2.05, 4.69) is 9.88 Å². The van der Waals surface area contributed by atoms with Gasteiger partial charge in [0.15, 0.2) is 9.84 Å². The monoisotopic (exact) mass is 255 g/mol. The number of nitrogens with zero attached hydrogens (tertiary/aromatic N) is 2. The number of anilines is 1. The van der Waals surface area contributed by atoms with Crippen LogP contribution in [0.25, 0.3) is 0 Å². The van der Waals surface area contributed by atoms with E-state index < -0.39 is 9.84 Å². The lowest BCUT2D eigenvalue weighted by molar-refractivity contribution is 0.597. The Bertz CT molecular complexity index is 487. The molecule has 1 fully saturated rings. The van der Waals surface area contributed by atoms with Crippen molar-refractivity contribution in [2.24, 2.45) is 5.73 Å². The Balaban J connectivity index is 2.22. The summed E-state index contributed by atoms with van der Waals surface area (Å²) >= 11 is 0. The molecule has 1 aliphatic rings. The first-order chi connectivity index (χ1) is 8.12. The Morgan fingerprint density at radius 2 is 2.18 bits per heavy atom. The molecule has 1 saturated heterocycles. The number of nitrogens with two attached hydrogens (primary N) is 1. The average molecular weight is 255 g/mol. The van der Waals surface area contributed by atoms with Gasteiger partial charge in [-0.1, -0.05) is 0 Å². The zero-order valence-corrected chi connectivity index (χ0v) is 10.5. The quantitative estimate of drug-likeness (QED) is 0.815. The number of hydrogen-bond donors (Lipinski definition) is 1. The molecule has 94 valence electrons. The summed E-state index contributed by atoms with van der Waals surface area (Å²) in [6.45, 7) is 1.65. The highest BCUT2D eigenvalue weighted by Crippen LogP contribution is 2.20. The van der Waals surface area contributed by atoms with Gasteiger partial charge in [0.2, 0.25) is 0 Å². The van der Waals surface area contributed by atoms with Crippen molar-refractivity contribution in [3.63, 3.8) is 0 Å². The summed E-state index contributed by atoms with van der Waals surface area (Å²) in [6.07, 6.45) is 2.38. The van der Waals surface area contributed by atoms with E-state index in [4.69, 9.17) is 5.73 Å². The Labute approximate surface area is 102 Å². The van der Waals surface area contributed by atoms with Gasteiger partial charge in [0.25, 0.3) is 0 Å². The van der Waals surface area contributed by atoms with Gasteiger partial charge in [-0.3, -0.25) is 4.98 Å². The Morgan fingerprint density at radius 3 is 2.94 bits per heavy atom. The molecular formula is C11H17N3O2S. The fourth-order valence-electron chi connectivity index (χ4n) is 2.05. The number of rotatable bonds is 2. The second-order valence-electron chi connectivity index (χ2n) is 4.17. The van der Waals surface area contributed by atoms with Crippen molar-refractivity contribution in [2.45, 2.75) is 13.0 Å². The van der Waals surface area contributed by atoms with Gasteiger partial charge in [-0.25, -0.2) is 8.42 Å². The van der Waals surface area contributed by atoms with Gasteiger partial charge in [0.1, 0.15) is 0 Å². The van der Waals surface area contributed by atoms with Gasteiger partial charge in [-0.05, 0) is 18.6 Å². The van der Waals surface area contributed by atoms with Crippen LogP contribution in [0.15, 0.2) is 18.3 Å². The molecule has 2 N–H and O–H groups in total. The molecule has 2 rings (SSSR count). The van der Waals surface area contributed by atoms with Crippen LogP contribution in [0.3, 0.4) is 0 Å². The summed E-state index contributed by atoms with van der Waals surface area (Å²) in [4.78, 5) is 6.29. The van der Waals surface area contributed by atoms with E-state index in [-0.39, 0.29) is 11.5 Å². The number of pyridine rings is 1. The minimum atomic E-state index is -2.87. The third kappa shape index (κ3) is 2.95. The van der Waals surface area contributed by atoms with Crippen LogP contribution in [-0.4, -0.2) is 38.0 Å². The molecule has 2 heterocycles. The largest absolute Gasteiger partial charge is 0.369 e. The van der Waals surface area contributed by atoms with Crippen LogP contribution < -0.4 is 10.6 Å². The van der Waals surface area contributed by atoms with E-state index in [0.29, 0.717) is 19.5 Å². The summed E-state index contributed by atoms with van der Waals surface area (Å²) in [5.74, 6) is 0.494. The molecule has 0 bridgehead atoms. The van der Waals surface area contributed by atoms with E-state index in [1.165, 1.54) is 0 Å². The highest BCUT2D eigenvalue weighted by molar-refractivity contribution is 7.91. The topological polar surface area (TPSA) is 76.3 Å². The molecule has 0 spiro atoms. The second kappa shape index (κ2) is 5.01. The summed E-state index contributed by atoms with van der Waals surface area (Å²) in [6, 6.07) is 3.81. The highest BCUT2D eigenvalue weighted by Gasteiger charge is 2.20. The Hall–Kier alpha value is -1.14. The van der Waals surface area contributed by atoms with Crippen molar-refractivity contribution < 1.29 is 8.42 Å². The maximum Gasteiger partial charge on any atom is 0.152 e. The van der Waals surface area contributed by atoms with E-state index in [1.54, 1.807) is 6.20 Å². The van der Waals surface area contributed by atoms with Gasteiger partial charge in [0, 0.05) is 25.8 Å². The van der Waals surface area contributed by atoms with Crippen molar-refractivity contribution in [2.75, 3.05) is 29.5 Å². The van der Waals surface area contributed by atoms with Gasteiger partial charge >= 0.3 is 0 Å². The molecule has 17 heavy (non-hydrogen) atoms. The summed E-state index contributed by atoms with van der Waals surface area (Å²) in [5, 5.41) is 0. The maximum absolute atomic E-state index is 11.5. The third-order valence-corrected chi connectivity index (χ3v) is 4.67. The molecule has 6 heteroatoms. The first kappa shape index (κ1) is 12.3. The maximum atomic E-state index is 11.5. The molecule has 5 nitrogen and oxygen atoms in total. The van der Waals surface area contributed by atoms with Crippen molar-refractivity contribution in [1.29, 1.82) is 0 Å². The summed E-state index contributed by atoms with van der Waals surface area (Å²) in [5.41, 5.74) is 7.43. The zero-order chi connectivity index (χ0) is 12.3. The van der Waals surface area contributed by atoms with Crippen molar-refractivity contribution in [3.05, 3.63) is 24.0 Å². The highest BCUT2D eigenvalue weighted by atomic mass is 32.2. The molecule has 1 aliphatic heterocycles. The third-order valence-electron chi connectivity index (χ3n) is 2.96. The van der Waals surface area contributed by atoms with Crippen LogP contribution in [0, 0.1) is 0 Å². The van der Waals surface area contributed by atoms with Crippen LogP contribution in [0.5, 0.6) is 0 Å². The molecule has 0 atom stereocenters. The zero-order valence-electron chi connectivity index (χ0n) is 9.67. The van der Waals surface area contributed by atoms with Crippen LogP contribution in [0.1, 0.15) is 12.1 Å². The number of aromatic nitrogens is 1. The molecule has 0 aromatic carbocycles. The molecule has 0 saturated carbocycles. The SMILES string of the molecule is NCc1ncccc1N1CCCS(=O)(=O)CC1. The molecule has 0 unspecified atom stereocenters. The lowest BCUT2D eigenvalue weighted by Crippen LogP contribution is -2.28. The minimum Gasteiger partial charge on any atom is -0.369 e. The average Bonchev–Trinajstić information content (AvgIpc) is 2.50. The minimum absolute atomic E-state index is 0.214. The van der Waals surface area contributed by atoms with Crippen molar-refractivity contribution >= 4 is 15.5 Å². The van der Waals surface area contributed by atoms with Gasteiger partial charge in [0.05, 0.1) is 22.9 Å². The normalized spacial score (nSPS) is 19.9. The lowest BCUT2D eigenvalue weighted by Gasteiger charge is -2.23. The fraction of sp³-hybridized carbons (Fsp3) is 0.545. The van der Waals surface area contributed by atoms with Crippen molar-refractivity contribution in [1.82, 2.24) is 4.98 Å². The predicted octanol–water partition coefficient (Wildman–Crippen LogP) is 0.165. The number of hydrogen-bond acceptors (Lipinski definition) is 5. The Kier molecular flexibility index (Phi) is 3.63. The standard InChI is InChI=1S/C11H17N3O2S/c12-9-10-11(3-1-4-13-10)14-5-2-7-17(15,16)8-6-14/h1,3-4H,2,5-9,12H2. The molecular weight excluding hydrogens is 238 g/mol. The smallest absolute Gasteiger partial charge is 0.152 e. The van der Waals surface area contributed by atoms with Crippen LogP contribution in [0.4, 0.5) is 5.69 Å². The molecule has 1 aromatic heterocycles. The van der Waals surface area contributed by atoms with Crippen LogP contribution >= 0.6 is 0 Å². The van der Waals surface area contributed by atoms with E-state index in [1.807, 2.05) is 12.1 Å². The van der Waals surface area contributed by atoms with Crippen LogP contribution in [0.2, 0.25) is 0 Å².